The van der Waals surface area contributed by atoms with Crippen LogP contribution in [0.25, 0.3) is 0 Å². The molecule has 0 unspecified atom stereocenters. The van der Waals surface area contributed by atoms with Crippen molar-refractivity contribution < 1.29 is 19.1 Å². The average molecular weight is 621 g/mol. The number of para-hydroxylation sites is 1. The van der Waals surface area contributed by atoms with Gasteiger partial charge in [-0.25, -0.2) is 4.79 Å². The second-order valence-electron chi connectivity index (χ2n) is 13.4. The molecule has 3 aromatic rings. The summed E-state index contributed by atoms with van der Waals surface area (Å²) in [4.78, 5) is 44.4. The molecule has 3 fully saturated rings. The van der Waals surface area contributed by atoms with Crippen molar-refractivity contribution in [2.45, 2.75) is 69.7 Å². The summed E-state index contributed by atoms with van der Waals surface area (Å²) in [5.74, 6) is 0.540. The quantitative estimate of drug-likeness (QED) is 0.333. The van der Waals surface area contributed by atoms with Gasteiger partial charge in [0.15, 0.2) is 0 Å². The monoisotopic (exact) mass is 620 g/mol. The van der Waals surface area contributed by atoms with Crippen LogP contribution in [0.2, 0.25) is 0 Å². The summed E-state index contributed by atoms with van der Waals surface area (Å²) < 4.78 is 5.62. The van der Waals surface area contributed by atoms with Crippen LogP contribution in [0.1, 0.15) is 72.5 Å². The second kappa shape index (κ2) is 13.6. The fourth-order valence-corrected chi connectivity index (χ4v) is 8.38. The summed E-state index contributed by atoms with van der Waals surface area (Å²) in [6, 6.07) is 27.6. The minimum atomic E-state index is -0.249. The maximum absolute atomic E-state index is 14.5. The molecule has 0 spiro atoms. The lowest BCUT2D eigenvalue weighted by atomic mass is 9.74. The van der Waals surface area contributed by atoms with E-state index in [1.807, 2.05) is 65.6 Å². The first-order valence-corrected chi connectivity index (χ1v) is 17.0. The number of ether oxygens (including phenoxy) is 1. The van der Waals surface area contributed by atoms with Crippen LogP contribution in [0.5, 0.6) is 0 Å². The van der Waals surface area contributed by atoms with E-state index in [0.717, 1.165) is 62.7 Å². The Balaban J connectivity index is 1.04. The number of fused-ring (bicyclic) bond motifs is 3. The number of rotatable bonds is 6. The molecule has 3 aromatic carbocycles. The van der Waals surface area contributed by atoms with Gasteiger partial charge in [0.25, 0.3) is 5.91 Å². The van der Waals surface area contributed by atoms with Crippen molar-refractivity contribution in [3.8, 4) is 0 Å². The Hall–Kier alpha value is -4.33. The summed E-state index contributed by atoms with van der Waals surface area (Å²) in [6.45, 7) is 2.35. The molecule has 0 bridgehead atoms. The normalized spacial score (nSPS) is 26.0. The van der Waals surface area contributed by atoms with E-state index < -0.39 is 0 Å². The number of hydrogen-bond acceptors (Lipinski definition) is 5. The number of piperidine rings is 1. The average Bonchev–Trinajstić information content (AvgIpc) is 3.57. The van der Waals surface area contributed by atoms with E-state index in [-0.39, 0.29) is 48.6 Å². The molecule has 5 atom stereocenters. The molecule has 3 amide bonds. The molecular formula is C38H44N4O4. The molecule has 240 valence electrons. The zero-order chi connectivity index (χ0) is 31.5. The summed E-state index contributed by atoms with van der Waals surface area (Å²) in [6.07, 6.45) is 6.13. The Labute approximate surface area is 271 Å². The van der Waals surface area contributed by atoms with Gasteiger partial charge in [0.2, 0.25) is 5.91 Å². The number of nitrogens with one attached hydrogen (secondary N) is 2. The number of nitrogens with zero attached hydrogens (tertiary/aromatic N) is 2. The molecular weight excluding hydrogens is 576 g/mol. The topological polar surface area (TPSA) is 91.0 Å². The number of benzene rings is 3. The van der Waals surface area contributed by atoms with Crippen LogP contribution in [0, 0.1) is 17.8 Å². The van der Waals surface area contributed by atoms with Crippen LogP contribution in [0.15, 0.2) is 84.9 Å². The van der Waals surface area contributed by atoms with Gasteiger partial charge >= 0.3 is 6.09 Å². The second-order valence-corrected chi connectivity index (χ2v) is 13.4. The number of likely N-dealkylation sites (tertiary alicyclic amines) is 2. The van der Waals surface area contributed by atoms with E-state index >= 15 is 0 Å². The van der Waals surface area contributed by atoms with Gasteiger partial charge in [0, 0.05) is 48.9 Å². The van der Waals surface area contributed by atoms with Gasteiger partial charge in [-0.05, 0) is 67.3 Å². The zero-order valence-corrected chi connectivity index (χ0v) is 26.4. The Morgan fingerprint density at radius 2 is 1.48 bits per heavy atom. The highest BCUT2D eigenvalue weighted by Crippen LogP contribution is 2.50. The zero-order valence-electron chi connectivity index (χ0n) is 26.4. The summed E-state index contributed by atoms with van der Waals surface area (Å²) in [5, 5.41) is 7.12. The van der Waals surface area contributed by atoms with Gasteiger partial charge in [0.05, 0.1) is 12.0 Å². The number of anilines is 1. The van der Waals surface area contributed by atoms with Crippen molar-refractivity contribution in [1.82, 2.24) is 15.1 Å². The molecule has 2 N–H and O–H groups in total. The first-order chi connectivity index (χ1) is 22.6. The van der Waals surface area contributed by atoms with Crippen molar-refractivity contribution in [3.05, 3.63) is 102 Å². The molecule has 8 nitrogen and oxygen atoms in total. The van der Waals surface area contributed by atoms with E-state index in [1.54, 1.807) is 0 Å². The van der Waals surface area contributed by atoms with Gasteiger partial charge in [-0.1, -0.05) is 79.6 Å². The third kappa shape index (κ3) is 6.22. The predicted molar refractivity (Wildman–Crippen MR) is 177 cm³/mol. The lowest BCUT2D eigenvalue weighted by Gasteiger charge is -2.45. The van der Waals surface area contributed by atoms with Crippen LogP contribution in [0.4, 0.5) is 10.5 Å². The molecule has 3 heterocycles. The maximum Gasteiger partial charge on any atom is 0.410 e. The van der Waals surface area contributed by atoms with Gasteiger partial charge in [-0.15, -0.1) is 0 Å². The van der Waals surface area contributed by atoms with Crippen LogP contribution in [-0.2, 0) is 16.1 Å². The lowest BCUT2D eigenvalue weighted by molar-refractivity contribution is -0.139. The minimum Gasteiger partial charge on any atom is -0.445 e. The Morgan fingerprint density at radius 1 is 0.783 bits per heavy atom. The molecule has 4 aliphatic rings. The van der Waals surface area contributed by atoms with Gasteiger partial charge in [-0.2, -0.15) is 0 Å². The molecule has 2 saturated heterocycles. The summed E-state index contributed by atoms with van der Waals surface area (Å²) >= 11 is 0. The highest BCUT2D eigenvalue weighted by molar-refractivity contribution is 5.95. The number of carbonyl (C=O) groups is 3. The lowest BCUT2D eigenvalue weighted by Crippen LogP contribution is -2.51. The SMILES string of the molecule is O=C(N[C@@H]1CCCC[C@@H]1C(=O)N1CC[C@@H]2[C@H](C3CCN(C(=O)OCc4ccccc4)CC3)Nc3ccccc3[C@@H]21)c1ccccc1. The molecule has 7 rings (SSSR count). The van der Waals surface area contributed by atoms with E-state index in [2.05, 4.69) is 39.8 Å². The standard InChI is InChI=1S/C38H44N4O4/c43-36(28-13-5-2-6-14-28)40-33-18-10-8-16-30(33)37(44)42-24-21-31-34(39-32-17-9-7-15-29(32)35(31)42)27-19-22-41(23-20-27)38(45)46-25-26-11-3-1-4-12-26/h1-7,9,11-15,17,27,30-31,33-35,39H,8,10,16,18-25H2,(H,40,43)/t30-,31+,33+,34-,35-/m0/s1. The van der Waals surface area contributed by atoms with Gasteiger partial charge in [-0.3, -0.25) is 9.59 Å². The van der Waals surface area contributed by atoms with E-state index in [1.165, 1.54) is 5.56 Å². The van der Waals surface area contributed by atoms with E-state index in [9.17, 15) is 14.4 Å². The van der Waals surface area contributed by atoms with Crippen molar-refractivity contribution in [1.29, 1.82) is 0 Å². The Bertz CT molecular complexity index is 1520. The van der Waals surface area contributed by atoms with Crippen molar-refractivity contribution in [2.75, 3.05) is 25.0 Å². The molecule has 3 aliphatic heterocycles. The predicted octanol–water partition coefficient (Wildman–Crippen LogP) is 6.41. The molecule has 8 heteroatoms. The molecule has 0 radical (unpaired) electrons. The summed E-state index contributed by atoms with van der Waals surface area (Å²) in [5.41, 5.74) is 3.92. The van der Waals surface area contributed by atoms with E-state index in [4.69, 9.17) is 4.74 Å². The molecule has 46 heavy (non-hydrogen) atoms. The number of carbonyl (C=O) groups excluding carboxylic acids is 3. The third-order valence-corrected chi connectivity index (χ3v) is 10.7. The Kier molecular flexibility index (Phi) is 8.95. The first-order valence-electron chi connectivity index (χ1n) is 17.0. The van der Waals surface area contributed by atoms with Crippen LogP contribution >= 0.6 is 0 Å². The molecule has 0 aromatic heterocycles. The van der Waals surface area contributed by atoms with Crippen molar-refractivity contribution in [2.24, 2.45) is 17.8 Å². The van der Waals surface area contributed by atoms with Crippen LogP contribution in [0.3, 0.4) is 0 Å². The van der Waals surface area contributed by atoms with Crippen molar-refractivity contribution in [3.63, 3.8) is 0 Å². The van der Waals surface area contributed by atoms with Gasteiger partial charge < -0.3 is 25.2 Å². The van der Waals surface area contributed by atoms with Crippen LogP contribution in [-0.4, -0.2) is 59.4 Å². The van der Waals surface area contributed by atoms with Crippen LogP contribution < -0.4 is 10.6 Å². The fourth-order valence-electron chi connectivity index (χ4n) is 8.38. The molecule has 1 saturated carbocycles. The number of hydrogen-bond donors (Lipinski definition) is 2. The van der Waals surface area contributed by atoms with Gasteiger partial charge in [0.1, 0.15) is 6.61 Å². The van der Waals surface area contributed by atoms with E-state index in [0.29, 0.717) is 30.5 Å². The Morgan fingerprint density at radius 3 is 2.26 bits per heavy atom. The van der Waals surface area contributed by atoms with Crippen molar-refractivity contribution >= 4 is 23.6 Å². The highest BCUT2D eigenvalue weighted by atomic mass is 16.6. The summed E-state index contributed by atoms with van der Waals surface area (Å²) in [7, 11) is 0. The number of amides is 3. The third-order valence-electron chi connectivity index (χ3n) is 10.7. The maximum atomic E-state index is 14.5. The minimum absolute atomic E-state index is 0.0104. The largest absolute Gasteiger partial charge is 0.445 e. The first kappa shape index (κ1) is 30.3. The highest BCUT2D eigenvalue weighted by Gasteiger charge is 2.50. The molecule has 1 aliphatic carbocycles. The fraction of sp³-hybridized carbons (Fsp3) is 0.447. The smallest absolute Gasteiger partial charge is 0.410 e.